The van der Waals surface area contributed by atoms with Gasteiger partial charge in [-0.3, -0.25) is 9.48 Å². The van der Waals surface area contributed by atoms with Crippen molar-refractivity contribution in [2.24, 2.45) is 5.73 Å². The molecule has 1 amide bonds. The van der Waals surface area contributed by atoms with Gasteiger partial charge in [0.05, 0.1) is 11.9 Å². The van der Waals surface area contributed by atoms with Gasteiger partial charge in [0.15, 0.2) is 0 Å². The zero-order valence-electron chi connectivity index (χ0n) is 10.1. The number of nitrogens with zero attached hydrogens (tertiary/aromatic N) is 3. The van der Waals surface area contributed by atoms with E-state index < -0.39 is 0 Å². The largest absolute Gasteiger partial charge is 0.380 e. The second-order valence-electron chi connectivity index (χ2n) is 4.61. The first-order valence-electron chi connectivity index (χ1n) is 5.89. The first-order valence-corrected chi connectivity index (χ1v) is 5.89. The Hall–Kier alpha value is -1.56. The highest BCUT2D eigenvalue weighted by Crippen LogP contribution is 2.14. The number of hydrogen-bond acceptors (Lipinski definition) is 4. The number of rotatable bonds is 4. The summed E-state index contributed by atoms with van der Waals surface area (Å²) in [6.07, 6.45) is 5.83. The normalized spacial score (nSPS) is 18.2. The molecule has 0 aromatic carbocycles. The molecule has 1 aliphatic heterocycles. The molecule has 1 aromatic heterocycles. The Morgan fingerprint density at radius 3 is 2.94 bits per heavy atom. The molecular formula is C11H19N5O. The molecule has 6 nitrogen and oxygen atoms in total. The Kier molecular flexibility index (Phi) is 3.63. The number of primary amides is 1. The van der Waals surface area contributed by atoms with Crippen LogP contribution in [0.4, 0.5) is 5.69 Å². The van der Waals surface area contributed by atoms with Crippen molar-refractivity contribution in [3.8, 4) is 0 Å². The van der Waals surface area contributed by atoms with Crippen LogP contribution in [0.5, 0.6) is 0 Å². The summed E-state index contributed by atoms with van der Waals surface area (Å²) in [6, 6.07) is 0.498. The van der Waals surface area contributed by atoms with Crippen molar-refractivity contribution < 1.29 is 4.79 Å². The summed E-state index contributed by atoms with van der Waals surface area (Å²) in [6.45, 7) is 2.37. The van der Waals surface area contributed by atoms with Crippen LogP contribution >= 0.6 is 0 Å². The average molecular weight is 237 g/mol. The molecule has 17 heavy (non-hydrogen) atoms. The summed E-state index contributed by atoms with van der Waals surface area (Å²) in [7, 11) is 2.14. The van der Waals surface area contributed by atoms with E-state index in [0.29, 0.717) is 6.04 Å². The third-order valence-electron chi connectivity index (χ3n) is 3.04. The molecule has 0 aliphatic carbocycles. The van der Waals surface area contributed by atoms with Gasteiger partial charge in [-0.25, -0.2) is 0 Å². The molecule has 6 heteroatoms. The van der Waals surface area contributed by atoms with Crippen molar-refractivity contribution in [2.75, 3.05) is 25.5 Å². The predicted octanol–water partition coefficient (Wildman–Crippen LogP) is -0.125. The zero-order chi connectivity index (χ0) is 12.3. The minimum Gasteiger partial charge on any atom is -0.380 e. The van der Waals surface area contributed by atoms with Crippen LogP contribution in [0.1, 0.15) is 12.8 Å². The number of carbonyl (C=O) groups is 1. The Balaban J connectivity index is 1.86. The topological polar surface area (TPSA) is 76.2 Å². The minimum atomic E-state index is -0.376. The maximum absolute atomic E-state index is 10.7. The van der Waals surface area contributed by atoms with Crippen molar-refractivity contribution in [3.05, 3.63) is 12.4 Å². The maximum atomic E-state index is 10.7. The standard InChI is InChI=1S/C11H19N5O/c1-15-4-2-9(3-5-15)14-10-6-13-16(7-10)8-11(12)17/h6-7,9,14H,2-5,8H2,1H3,(H2,12,17). The van der Waals surface area contributed by atoms with Gasteiger partial charge in [-0.1, -0.05) is 0 Å². The Bertz CT molecular complexity index is 381. The molecule has 0 atom stereocenters. The first-order chi connectivity index (χ1) is 8.13. The third kappa shape index (κ3) is 3.45. The fraction of sp³-hybridized carbons (Fsp3) is 0.636. The van der Waals surface area contributed by atoms with E-state index in [1.165, 1.54) is 0 Å². The molecule has 0 unspecified atom stereocenters. The summed E-state index contributed by atoms with van der Waals surface area (Å²) in [5, 5.41) is 7.51. The van der Waals surface area contributed by atoms with E-state index >= 15 is 0 Å². The van der Waals surface area contributed by atoms with E-state index in [0.717, 1.165) is 31.6 Å². The van der Waals surface area contributed by atoms with E-state index in [4.69, 9.17) is 5.73 Å². The summed E-state index contributed by atoms with van der Waals surface area (Å²) < 4.78 is 1.56. The molecule has 1 saturated heterocycles. The molecule has 1 aliphatic rings. The molecule has 3 N–H and O–H groups in total. The van der Waals surface area contributed by atoms with E-state index in [9.17, 15) is 4.79 Å². The quantitative estimate of drug-likeness (QED) is 0.765. The van der Waals surface area contributed by atoms with Gasteiger partial charge in [-0.05, 0) is 33.0 Å². The van der Waals surface area contributed by atoms with Gasteiger partial charge in [0.1, 0.15) is 6.54 Å². The molecule has 2 heterocycles. The molecule has 1 aromatic rings. The second-order valence-corrected chi connectivity index (χ2v) is 4.61. The van der Waals surface area contributed by atoms with Crippen LogP contribution in [0.25, 0.3) is 0 Å². The zero-order valence-corrected chi connectivity index (χ0v) is 10.1. The summed E-state index contributed by atoms with van der Waals surface area (Å²) in [5.74, 6) is -0.376. The number of nitrogens with two attached hydrogens (primary N) is 1. The van der Waals surface area contributed by atoms with E-state index in [1.807, 2.05) is 6.20 Å². The van der Waals surface area contributed by atoms with Crippen LogP contribution in [-0.2, 0) is 11.3 Å². The lowest BCUT2D eigenvalue weighted by Gasteiger charge is -2.29. The van der Waals surface area contributed by atoms with Crippen LogP contribution in [0, 0.1) is 0 Å². The monoisotopic (exact) mass is 237 g/mol. The van der Waals surface area contributed by atoms with Crippen LogP contribution in [0.2, 0.25) is 0 Å². The molecule has 2 rings (SSSR count). The van der Waals surface area contributed by atoms with Gasteiger partial charge in [0, 0.05) is 12.2 Å². The summed E-state index contributed by atoms with van der Waals surface area (Å²) in [4.78, 5) is 13.1. The van der Waals surface area contributed by atoms with Crippen molar-refractivity contribution >= 4 is 11.6 Å². The Morgan fingerprint density at radius 2 is 2.29 bits per heavy atom. The van der Waals surface area contributed by atoms with Crippen LogP contribution in [-0.4, -0.2) is 46.8 Å². The lowest BCUT2D eigenvalue weighted by molar-refractivity contribution is -0.118. The molecule has 0 radical (unpaired) electrons. The number of likely N-dealkylation sites (tertiary alicyclic amines) is 1. The van der Waals surface area contributed by atoms with E-state index in [2.05, 4.69) is 22.4 Å². The van der Waals surface area contributed by atoms with Crippen molar-refractivity contribution in [1.82, 2.24) is 14.7 Å². The van der Waals surface area contributed by atoms with Gasteiger partial charge >= 0.3 is 0 Å². The van der Waals surface area contributed by atoms with E-state index in [-0.39, 0.29) is 12.5 Å². The van der Waals surface area contributed by atoms with Crippen LogP contribution < -0.4 is 11.1 Å². The van der Waals surface area contributed by atoms with E-state index in [1.54, 1.807) is 10.9 Å². The molecule has 1 fully saturated rings. The van der Waals surface area contributed by atoms with Crippen molar-refractivity contribution in [1.29, 1.82) is 0 Å². The van der Waals surface area contributed by atoms with Gasteiger partial charge in [0.25, 0.3) is 0 Å². The molecule has 0 spiro atoms. The van der Waals surface area contributed by atoms with Gasteiger partial charge in [-0.2, -0.15) is 5.10 Å². The fourth-order valence-corrected chi connectivity index (χ4v) is 2.07. The molecule has 94 valence electrons. The average Bonchev–Trinajstić information content (AvgIpc) is 2.68. The fourth-order valence-electron chi connectivity index (χ4n) is 2.07. The maximum Gasteiger partial charge on any atom is 0.239 e. The number of aromatic nitrogens is 2. The van der Waals surface area contributed by atoms with Crippen molar-refractivity contribution in [2.45, 2.75) is 25.4 Å². The first kappa shape index (κ1) is 11.9. The summed E-state index contributed by atoms with van der Waals surface area (Å²) in [5.41, 5.74) is 6.07. The van der Waals surface area contributed by atoms with Gasteiger partial charge in [-0.15, -0.1) is 0 Å². The number of piperidine rings is 1. The van der Waals surface area contributed by atoms with Crippen LogP contribution in [0.3, 0.4) is 0 Å². The number of anilines is 1. The lowest BCUT2D eigenvalue weighted by atomic mass is 10.1. The number of carbonyl (C=O) groups excluding carboxylic acids is 1. The Labute approximate surface area is 101 Å². The predicted molar refractivity (Wildman–Crippen MR) is 65.6 cm³/mol. The SMILES string of the molecule is CN1CCC(Nc2cnn(CC(N)=O)c2)CC1. The Morgan fingerprint density at radius 1 is 1.59 bits per heavy atom. The number of hydrogen-bond donors (Lipinski definition) is 2. The van der Waals surface area contributed by atoms with Crippen LogP contribution in [0.15, 0.2) is 12.4 Å². The number of amides is 1. The highest BCUT2D eigenvalue weighted by molar-refractivity contribution is 5.73. The molecule has 0 saturated carbocycles. The van der Waals surface area contributed by atoms with Crippen molar-refractivity contribution in [3.63, 3.8) is 0 Å². The number of nitrogens with one attached hydrogen (secondary N) is 1. The molecule has 0 bridgehead atoms. The summed E-state index contributed by atoms with van der Waals surface area (Å²) >= 11 is 0. The second kappa shape index (κ2) is 5.18. The molecular weight excluding hydrogens is 218 g/mol. The van der Waals surface area contributed by atoms with Gasteiger partial charge < -0.3 is 16.0 Å². The smallest absolute Gasteiger partial charge is 0.239 e. The van der Waals surface area contributed by atoms with Gasteiger partial charge in [0.2, 0.25) is 5.91 Å². The minimum absolute atomic E-state index is 0.134. The lowest BCUT2D eigenvalue weighted by Crippen LogP contribution is -2.36. The third-order valence-corrected chi connectivity index (χ3v) is 3.04. The highest BCUT2D eigenvalue weighted by atomic mass is 16.1. The highest BCUT2D eigenvalue weighted by Gasteiger charge is 2.16.